The Kier molecular flexibility index (Phi) is 6.88. The lowest BCUT2D eigenvalue weighted by Crippen LogP contribution is -2.31. The SMILES string of the molecule is Cc1nn(-c2ccccc2)c2sc(C(=O)NCCOC(=O)C3CCC(C(C)(C)C)CC3)cc12. The minimum absolute atomic E-state index is 0.00851. The molecule has 6 nitrogen and oxygen atoms in total. The van der Waals surface area contributed by atoms with Crippen LogP contribution in [-0.4, -0.2) is 34.8 Å². The number of nitrogens with one attached hydrogen (secondary N) is 1. The van der Waals surface area contributed by atoms with Crippen LogP contribution in [0.3, 0.4) is 0 Å². The molecule has 2 heterocycles. The third-order valence-corrected chi connectivity index (χ3v) is 7.80. The number of para-hydroxylation sites is 1. The van der Waals surface area contributed by atoms with Gasteiger partial charge in [-0.25, -0.2) is 4.68 Å². The fourth-order valence-corrected chi connectivity index (χ4v) is 5.72. The Morgan fingerprint density at radius 1 is 1.15 bits per heavy atom. The van der Waals surface area contributed by atoms with E-state index in [0.29, 0.717) is 22.8 Å². The molecule has 1 amide bonds. The minimum Gasteiger partial charge on any atom is -0.464 e. The van der Waals surface area contributed by atoms with Gasteiger partial charge in [0, 0.05) is 5.39 Å². The van der Waals surface area contributed by atoms with Gasteiger partial charge in [-0.05, 0) is 62.1 Å². The molecule has 1 N–H and O–H groups in total. The van der Waals surface area contributed by atoms with Gasteiger partial charge in [0.05, 0.1) is 28.7 Å². The summed E-state index contributed by atoms with van der Waals surface area (Å²) in [6.45, 7) is 9.27. The summed E-state index contributed by atoms with van der Waals surface area (Å²) < 4.78 is 7.34. The summed E-state index contributed by atoms with van der Waals surface area (Å²) in [4.78, 5) is 26.7. The normalized spacial score (nSPS) is 18.9. The number of nitrogens with zero attached hydrogens (tertiary/aromatic N) is 2. The number of ether oxygens (including phenoxy) is 1. The third-order valence-electron chi connectivity index (χ3n) is 6.69. The Morgan fingerprint density at radius 3 is 2.52 bits per heavy atom. The largest absolute Gasteiger partial charge is 0.464 e. The Bertz CT molecular complexity index is 1120. The van der Waals surface area contributed by atoms with Gasteiger partial charge < -0.3 is 10.1 Å². The number of aryl methyl sites for hydroxylation is 1. The Morgan fingerprint density at radius 2 is 1.85 bits per heavy atom. The molecule has 0 saturated heterocycles. The van der Waals surface area contributed by atoms with Crippen molar-refractivity contribution in [2.24, 2.45) is 17.3 Å². The Labute approximate surface area is 199 Å². The number of hydrogen-bond acceptors (Lipinski definition) is 5. The second-order valence-electron chi connectivity index (χ2n) is 10.0. The molecule has 0 unspecified atom stereocenters. The van der Waals surface area contributed by atoms with E-state index in [1.54, 1.807) is 0 Å². The summed E-state index contributed by atoms with van der Waals surface area (Å²) in [6, 6.07) is 11.8. The van der Waals surface area contributed by atoms with Crippen LogP contribution in [0.1, 0.15) is 61.8 Å². The van der Waals surface area contributed by atoms with Gasteiger partial charge in [-0.1, -0.05) is 39.0 Å². The molecule has 0 spiro atoms. The van der Waals surface area contributed by atoms with Crippen LogP contribution < -0.4 is 5.32 Å². The third kappa shape index (κ3) is 5.29. The maximum atomic E-state index is 12.7. The lowest BCUT2D eigenvalue weighted by atomic mass is 9.70. The number of carbonyl (C=O) groups excluding carboxylic acids is 2. The fraction of sp³-hybridized carbons (Fsp3) is 0.500. The van der Waals surface area contributed by atoms with Crippen molar-refractivity contribution in [1.82, 2.24) is 15.1 Å². The number of rotatable bonds is 6. The molecule has 1 aliphatic carbocycles. The first kappa shape index (κ1) is 23.5. The Balaban J connectivity index is 1.28. The summed E-state index contributed by atoms with van der Waals surface area (Å²) in [5.41, 5.74) is 2.15. The first-order valence-electron chi connectivity index (χ1n) is 11.7. The summed E-state index contributed by atoms with van der Waals surface area (Å²) in [5.74, 6) is 0.375. The standard InChI is InChI=1S/C26H33N3O3S/c1-17-21-16-22(33-24(21)29(28-17)20-8-6-5-7-9-20)23(30)27-14-15-32-25(31)18-10-12-19(13-11-18)26(2,3)4/h5-9,16,18-19H,10-15H2,1-4H3,(H,27,30). The maximum Gasteiger partial charge on any atom is 0.308 e. The summed E-state index contributed by atoms with van der Waals surface area (Å²) in [5, 5.41) is 8.47. The van der Waals surface area contributed by atoms with Crippen LogP contribution >= 0.6 is 11.3 Å². The molecule has 3 aromatic rings. The van der Waals surface area contributed by atoms with Crippen LogP contribution in [-0.2, 0) is 9.53 Å². The first-order chi connectivity index (χ1) is 15.7. The minimum atomic E-state index is -0.156. The number of carbonyl (C=O) groups is 2. The van der Waals surface area contributed by atoms with Crippen molar-refractivity contribution in [2.45, 2.75) is 53.4 Å². The smallest absolute Gasteiger partial charge is 0.308 e. The van der Waals surface area contributed by atoms with Gasteiger partial charge in [-0.2, -0.15) is 5.10 Å². The van der Waals surface area contributed by atoms with Crippen LogP contribution in [0.25, 0.3) is 15.9 Å². The van der Waals surface area contributed by atoms with Crippen molar-refractivity contribution in [3.63, 3.8) is 0 Å². The number of fused-ring (bicyclic) bond motifs is 1. The zero-order valence-corrected chi connectivity index (χ0v) is 20.7. The maximum absolute atomic E-state index is 12.7. The first-order valence-corrected chi connectivity index (χ1v) is 12.5. The van der Waals surface area contributed by atoms with Gasteiger partial charge in [-0.15, -0.1) is 11.3 Å². The molecule has 1 aromatic carbocycles. The molecule has 7 heteroatoms. The molecule has 1 aliphatic rings. The van der Waals surface area contributed by atoms with E-state index in [0.717, 1.165) is 47.3 Å². The van der Waals surface area contributed by atoms with E-state index >= 15 is 0 Å². The molecule has 1 saturated carbocycles. The number of thiophene rings is 1. The lowest BCUT2D eigenvalue weighted by molar-refractivity contribution is -0.150. The predicted octanol–water partition coefficient (Wildman–Crippen LogP) is 5.52. The lowest BCUT2D eigenvalue weighted by Gasteiger charge is -2.36. The topological polar surface area (TPSA) is 73.2 Å². The number of amides is 1. The summed E-state index contributed by atoms with van der Waals surface area (Å²) in [7, 11) is 0. The average molecular weight is 468 g/mol. The molecule has 0 radical (unpaired) electrons. The van der Waals surface area contributed by atoms with Gasteiger partial charge in [0.1, 0.15) is 11.4 Å². The molecular formula is C26H33N3O3S. The summed E-state index contributed by atoms with van der Waals surface area (Å²) >= 11 is 1.42. The van der Waals surface area contributed by atoms with E-state index in [1.165, 1.54) is 11.3 Å². The quantitative estimate of drug-likeness (QED) is 0.383. The van der Waals surface area contributed by atoms with Crippen LogP contribution in [0, 0.1) is 24.2 Å². The number of benzene rings is 1. The molecular weight excluding hydrogens is 434 g/mol. The highest BCUT2D eigenvalue weighted by Gasteiger charge is 2.33. The van der Waals surface area contributed by atoms with E-state index in [1.807, 2.05) is 48.0 Å². The van der Waals surface area contributed by atoms with Crippen LogP contribution in [0.15, 0.2) is 36.4 Å². The van der Waals surface area contributed by atoms with Crippen LogP contribution in [0.4, 0.5) is 0 Å². The Hall–Kier alpha value is -2.67. The molecule has 1 fully saturated rings. The van der Waals surface area contributed by atoms with E-state index in [4.69, 9.17) is 4.74 Å². The number of aromatic nitrogens is 2. The number of esters is 1. The highest BCUT2D eigenvalue weighted by atomic mass is 32.1. The average Bonchev–Trinajstić information content (AvgIpc) is 3.37. The second-order valence-corrected chi connectivity index (χ2v) is 11.0. The monoisotopic (exact) mass is 467 g/mol. The number of hydrogen-bond donors (Lipinski definition) is 1. The molecule has 33 heavy (non-hydrogen) atoms. The molecule has 176 valence electrons. The van der Waals surface area contributed by atoms with Crippen molar-refractivity contribution in [1.29, 1.82) is 0 Å². The van der Waals surface area contributed by atoms with Gasteiger partial charge in [-0.3, -0.25) is 9.59 Å². The van der Waals surface area contributed by atoms with Crippen molar-refractivity contribution >= 4 is 33.4 Å². The van der Waals surface area contributed by atoms with Crippen LogP contribution in [0.5, 0.6) is 0 Å². The van der Waals surface area contributed by atoms with Crippen LogP contribution in [0.2, 0.25) is 0 Å². The van der Waals surface area contributed by atoms with Crippen molar-refractivity contribution in [3.8, 4) is 5.69 Å². The molecule has 0 aliphatic heterocycles. The zero-order chi connectivity index (χ0) is 23.6. The van der Waals surface area contributed by atoms with E-state index in [-0.39, 0.29) is 24.4 Å². The fourth-order valence-electron chi connectivity index (χ4n) is 4.62. The van der Waals surface area contributed by atoms with Gasteiger partial charge >= 0.3 is 5.97 Å². The van der Waals surface area contributed by atoms with Gasteiger partial charge in [0.25, 0.3) is 5.91 Å². The van der Waals surface area contributed by atoms with Crippen molar-refractivity contribution in [2.75, 3.05) is 13.2 Å². The van der Waals surface area contributed by atoms with E-state index in [2.05, 4.69) is 31.2 Å². The van der Waals surface area contributed by atoms with Gasteiger partial charge in [0.2, 0.25) is 0 Å². The zero-order valence-electron chi connectivity index (χ0n) is 19.9. The van der Waals surface area contributed by atoms with E-state index in [9.17, 15) is 9.59 Å². The molecule has 2 aromatic heterocycles. The molecule has 0 bridgehead atoms. The second kappa shape index (κ2) is 9.67. The molecule has 4 rings (SSSR count). The molecule has 0 atom stereocenters. The predicted molar refractivity (Wildman–Crippen MR) is 132 cm³/mol. The van der Waals surface area contributed by atoms with Crippen molar-refractivity contribution < 1.29 is 14.3 Å². The summed E-state index contributed by atoms with van der Waals surface area (Å²) in [6.07, 6.45) is 3.94. The highest BCUT2D eigenvalue weighted by Crippen LogP contribution is 2.40. The highest BCUT2D eigenvalue weighted by molar-refractivity contribution is 7.20. The van der Waals surface area contributed by atoms with Crippen molar-refractivity contribution in [3.05, 3.63) is 47.0 Å². The van der Waals surface area contributed by atoms with Gasteiger partial charge in [0.15, 0.2) is 0 Å². The van der Waals surface area contributed by atoms with E-state index < -0.39 is 0 Å².